The van der Waals surface area contributed by atoms with E-state index in [4.69, 9.17) is 0 Å². The van der Waals surface area contributed by atoms with Crippen LogP contribution in [0.15, 0.2) is 39.3 Å². The molecule has 2 aromatic heterocycles. The van der Waals surface area contributed by atoms with Crippen molar-refractivity contribution in [2.45, 2.75) is 11.1 Å². The molecule has 0 radical (unpaired) electrons. The molecule has 110 valence electrons. The van der Waals surface area contributed by atoms with Crippen LogP contribution in [0.2, 0.25) is 0 Å². The maximum absolute atomic E-state index is 12.2. The number of fused-ring (bicyclic) bond motifs is 1. The van der Waals surface area contributed by atoms with Crippen molar-refractivity contribution < 1.29 is 8.42 Å². The summed E-state index contributed by atoms with van der Waals surface area (Å²) in [5, 5.41) is 0. The fraction of sp³-hybridized carbons (Fsp3) is 0.154. The van der Waals surface area contributed by atoms with Gasteiger partial charge in [0.2, 0.25) is 0 Å². The highest BCUT2D eigenvalue weighted by atomic mass is 32.2. The highest BCUT2D eigenvalue weighted by Crippen LogP contribution is 2.24. The topological polar surface area (TPSA) is 84.0 Å². The van der Waals surface area contributed by atoms with Gasteiger partial charge in [0, 0.05) is 11.9 Å². The molecule has 0 saturated carbocycles. The van der Waals surface area contributed by atoms with Crippen molar-refractivity contribution in [2.24, 2.45) is 7.05 Å². The molecule has 8 heteroatoms. The van der Waals surface area contributed by atoms with Crippen molar-refractivity contribution in [3.63, 3.8) is 0 Å². The van der Waals surface area contributed by atoms with Crippen molar-refractivity contribution in [2.75, 3.05) is 4.72 Å². The third-order valence-electron chi connectivity index (χ3n) is 3.14. The van der Waals surface area contributed by atoms with Crippen LogP contribution >= 0.6 is 11.3 Å². The monoisotopic (exact) mass is 323 g/mol. The Balaban J connectivity index is 2.00. The van der Waals surface area contributed by atoms with Crippen molar-refractivity contribution >= 4 is 38.1 Å². The standard InChI is InChI=1S/C13H13N3O3S2/c1-8-3-6-12(20-8)21(18,19)15-9-4-5-11-10(7-9)14-13(17)16(11)2/h3-7,15H,1-2H3,(H,14,17). The molecule has 2 heterocycles. The van der Waals surface area contributed by atoms with Crippen LogP contribution < -0.4 is 10.4 Å². The number of imidazole rings is 1. The van der Waals surface area contributed by atoms with E-state index in [1.54, 1.807) is 37.4 Å². The average Bonchev–Trinajstić information content (AvgIpc) is 2.95. The Morgan fingerprint density at radius 3 is 2.67 bits per heavy atom. The van der Waals surface area contributed by atoms with Crippen LogP contribution in [-0.2, 0) is 17.1 Å². The molecule has 21 heavy (non-hydrogen) atoms. The predicted molar refractivity (Wildman–Crippen MR) is 83.4 cm³/mol. The van der Waals surface area contributed by atoms with Crippen molar-refractivity contribution in [1.82, 2.24) is 9.55 Å². The van der Waals surface area contributed by atoms with Crippen LogP contribution in [0.4, 0.5) is 5.69 Å². The van der Waals surface area contributed by atoms with E-state index in [9.17, 15) is 13.2 Å². The number of H-pyrrole nitrogens is 1. The molecule has 0 unspecified atom stereocenters. The zero-order valence-corrected chi connectivity index (χ0v) is 13.0. The second-order valence-electron chi connectivity index (χ2n) is 4.69. The van der Waals surface area contributed by atoms with Crippen LogP contribution in [0.5, 0.6) is 0 Å². The van der Waals surface area contributed by atoms with Crippen LogP contribution in [-0.4, -0.2) is 18.0 Å². The Hall–Kier alpha value is -2.06. The summed E-state index contributed by atoms with van der Waals surface area (Å²) in [6.07, 6.45) is 0. The third kappa shape index (κ3) is 2.47. The van der Waals surface area contributed by atoms with Gasteiger partial charge in [0.25, 0.3) is 10.0 Å². The lowest BCUT2D eigenvalue weighted by atomic mass is 10.3. The Labute approximate surface area is 125 Å². The quantitative estimate of drug-likeness (QED) is 0.773. The van der Waals surface area contributed by atoms with Crippen LogP contribution in [0, 0.1) is 6.92 Å². The molecule has 0 saturated heterocycles. The van der Waals surface area contributed by atoms with Crippen molar-refractivity contribution in [3.05, 3.63) is 45.7 Å². The largest absolute Gasteiger partial charge is 0.326 e. The molecular formula is C13H13N3O3S2. The number of benzene rings is 1. The third-order valence-corrected chi connectivity index (χ3v) is 6.01. The van der Waals surface area contributed by atoms with Gasteiger partial charge in [-0.2, -0.15) is 0 Å². The van der Waals surface area contributed by atoms with E-state index < -0.39 is 10.0 Å². The predicted octanol–water partition coefficient (Wildman–Crippen LogP) is 2.04. The summed E-state index contributed by atoms with van der Waals surface area (Å²) < 4.78 is 28.7. The van der Waals surface area contributed by atoms with Gasteiger partial charge in [0.05, 0.1) is 16.7 Å². The summed E-state index contributed by atoms with van der Waals surface area (Å²) in [4.78, 5) is 15.1. The summed E-state index contributed by atoms with van der Waals surface area (Å²) in [5.74, 6) is 0. The molecule has 0 aliphatic rings. The van der Waals surface area contributed by atoms with E-state index in [2.05, 4.69) is 9.71 Å². The number of aryl methyl sites for hydroxylation is 2. The highest BCUT2D eigenvalue weighted by Gasteiger charge is 2.16. The molecule has 1 aromatic carbocycles. The lowest BCUT2D eigenvalue weighted by molar-refractivity contribution is 0.603. The van der Waals surface area contributed by atoms with E-state index in [1.165, 1.54) is 15.9 Å². The minimum Gasteiger partial charge on any atom is -0.305 e. The zero-order valence-electron chi connectivity index (χ0n) is 11.4. The number of hydrogen-bond acceptors (Lipinski definition) is 4. The Morgan fingerprint density at radius 1 is 1.24 bits per heavy atom. The summed E-state index contributed by atoms with van der Waals surface area (Å²) in [5.41, 5.74) is 1.48. The van der Waals surface area contributed by atoms with Gasteiger partial charge in [-0.15, -0.1) is 11.3 Å². The van der Waals surface area contributed by atoms with Crippen LogP contribution in [0.25, 0.3) is 11.0 Å². The maximum atomic E-state index is 12.2. The lowest BCUT2D eigenvalue weighted by Gasteiger charge is -2.06. The number of aromatic nitrogens is 2. The zero-order chi connectivity index (χ0) is 15.2. The van der Waals surface area contributed by atoms with E-state index in [1.807, 2.05) is 6.92 Å². The minimum atomic E-state index is -3.59. The summed E-state index contributed by atoms with van der Waals surface area (Å²) in [7, 11) is -1.94. The first-order valence-electron chi connectivity index (χ1n) is 6.15. The second kappa shape index (κ2) is 4.74. The van der Waals surface area contributed by atoms with E-state index in [0.29, 0.717) is 11.2 Å². The normalized spacial score (nSPS) is 11.9. The minimum absolute atomic E-state index is 0.237. The first kappa shape index (κ1) is 13.9. The van der Waals surface area contributed by atoms with E-state index in [0.717, 1.165) is 10.4 Å². The highest BCUT2D eigenvalue weighted by molar-refractivity contribution is 7.94. The first-order chi connectivity index (χ1) is 9.87. The van der Waals surface area contributed by atoms with Gasteiger partial charge in [-0.25, -0.2) is 13.2 Å². The number of aromatic amines is 1. The molecule has 0 fully saturated rings. The second-order valence-corrected chi connectivity index (χ2v) is 7.89. The molecule has 0 amide bonds. The number of thiophene rings is 1. The van der Waals surface area contributed by atoms with Crippen molar-refractivity contribution in [1.29, 1.82) is 0 Å². The van der Waals surface area contributed by atoms with Gasteiger partial charge in [-0.05, 0) is 37.3 Å². The maximum Gasteiger partial charge on any atom is 0.326 e. The van der Waals surface area contributed by atoms with Crippen molar-refractivity contribution in [3.8, 4) is 0 Å². The lowest BCUT2D eigenvalue weighted by Crippen LogP contribution is -2.11. The fourth-order valence-corrected chi connectivity index (χ4v) is 4.40. The SMILES string of the molecule is Cc1ccc(S(=O)(=O)Nc2ccc3c(c2)[nH]c(=O)n3C)s1. The van der Waals surface area contributed by atoms with E-state index >= 15 is 0 Å². The van der Waals surface area contributed by atoms with Gasteiger partial charge < -0.3 is 4.98 Å². The number of hydrogen-bond donors (Lipinski definition) is 2. The molecule has 0 spiro atoms. The molecule has 2 N–H and O–H groups in total. The fourth-order valence-electron chi connectivity index (χ4n) is 2.06. The number of nitrogens with one attached hydrogen (secondary N) is 2. The Morgan fingerprint density at radius 2 is 2.00 bits per heavy atom. The number of sulfonamides is 1. The number of nitrogens with zero attached hydrogens (tertiary/aromatic N) is 1. The molecule has 3 aromatic rings. The van der Waals surface area contributed by atoms with Gasteiger partial charge in [0.15, 0.2) is 0 Å². The number of anilines is 1. The van der Waals surface area contributed by atoms with E-state index in [-0.39, 0.29) is 9.90 Å². The van der Waals surface area contributed by atoms with Crippen LogP contribution in [0.1, 0.15) is 4.88 Å². The smallest absolute Gasteiger partial charge is 0.305 e. The summed E-state index contributed by atoms with van der Waals surface area (Å²) >= 11 is 1.21. The van der Waals surface area contributed by atoms with Crippen LogP contribution in [0.3, 0.4) is 0 Å². The van der Waals surface area contributed by atoms with Gasteiger partial charge in [-0.1, -0.05) is 0 Å². The molecular weight excluding hydrogens is 310 g/mol. The average molecular weight is 323 g/mol. The molecule has 6 nitrogen and oxygen atoms in total. The molecule has 3 rings (SSSR count). The molecule has 0 aliphatic heterocycles. The number of rotatable bonds is 3. The molecule has 0 bridgehead atoms. The van der Waals surface area contributed by atoms with Gasteiger partial charge in [0.1, 0.15) is 4.21 Å². The summed E-state index contributed by atoms with van der Waals surface area (Å²) in [6.45, 7) is 1.85. The molecule has 0 aliphatic carbocycles. The Kier molecular flexibility index (Phi) is 3.14. The molecule has 0 atom stereocenters. The Bertz CT molecular complexity index is 980. The van der Waals surface area contributed by atoms with Gasteiger partial charge >= 0.3 is 5.69 Å². The summed E-state index contributed by atoms with van der Waals surface area (Å²) in [6, 6.07) is 8.27. The van der Waals surface area contributed by atoms with Gasteiger partial charge in [-0.3, -0.25) is 9.29 Å². The first-order valence-corrected chi connectivity index (χ1v) is 8.45.